The van der Waals surface area contributed by atoms with Gasteiger partial charge in [-0.15, -0.1) is 90.5 Å². The molecule has 0 saturated carbocycles. The molecule has 0 saturated heterocycles. The molecule has 0 aliphatic carbocycles. The minimum Gasteiger partial charge on any atom is -0.674 e. The molecule has 11 aromatic carbocycles. The first-order valence-electron chi connectivity index (χ1n) is 33.1. The first-order valence-corrected chi connectivity index (χ1v) is 35.9. The van der Waals surface area contributed by atoms with Crippen LogP contribution in [0.5, 0.6) is 5.75 Å². The number of amidine groups is 1. The van der Waals surface area contributed by atoms with E-state index in [-0.39, 0.29) is 69.4 Å². The van der Waals surface area contributed by atoms with Crippen LogP contribution in [-0.4, -0.2) is 42.8 Å². The van der Waals surface area contributed by atoms with Crippen molar-refractivity contribution in [1.29, 1.82) is 0 Å². The normalized spacial score (nSPS) is 10.8. The van der Waals surface area contributed by atoms with Crippen molar-refractivity contribution >= 4 is 42.6 Å². The average molecular weight is 1520 g/mol. The van der Waals surface area contributed by atoms with Crippen molar-refractivity contribution in [3.05, 3.63) is 424 Å². The summed E-state index contributed by atoms with van der Waals surface area (Å²) >= 11 is 0. The number of nitrogens with one attached hydrogen (secondary N) is 1. The Kier molecular flexibility index (Phi) is 47.3. The summed E-state index contributed by atoms with van der Waals surface area (Å²) in [5, 5.41) is 18.8. The first kappa shape index (κ1) is 90.3. The quantitative estimate of drug-likeness (QED) is 0.0607. The average Bonchev–Trinajstić information content (AvgIpc) is 0.818. The largest absolute Gasteiger partial charge is 4.00 e. The molecular formula is C91H107N4OP2Zr2-5. The van der Waals surface area contributed by atoms with E-state index in [1.54, 1.807) is 7.11 Å². The topological polar surface area (TPSA) is 61.8 Å². The molecule has 0 bridgehead atoms. The van der Waals surface area contributed by atoms with Gasteiger partial charge in [-0.2, -0.15) is 179 Å². The van der Waals surface area contributed by atoms with Gasteiger partial charge in [-0.05, 0) is 81.8 Å². The Morgan fingerprint density at radius 1 is 0.390 bits per heavy atom. The Hall–Kier alpha value is -7.67. The molecule has 0 aliphatic rings. The Morgan fingerprint density at radius 2 is 0.630 bits per heavy atom. The van der Waals surface area contributed by atoms with Gasteiger partial charge in [-0.1, -0.05) is 180 Å². The molecule has 520 valence electrons. The summed E-state index contributed by atoms with van der Waals surface area (Å²) in [5.74, 6) is 0.871. The molecule has 100 heavy (non-hydrogen) atoms. The van der Waals surface area contributed by atoms with Gasteiger partial charge >= 0.3 is 26.2 Å². The van der Waals surface area contributed by atoms with Crippen molar-refractivity contribution in [2.24, 2.45) is 4.99 Å². The number of hydrogen-bond acceptors (Lipinski definition) is 2. The van der Waals surface area contributed by atoms with Crippen molar-refractivity contribution in [1.82, 2.24) is 5.32 Å². The first-order chi connectivity index (χ1) is 46.9. The van der Waals surface area contributed by atoms with E-state index < -0.39 is 15.8 Å². The summed E-state index contributed by atoms with van der Waals surface area (Å²) in [6, 6.07) is 104. The van der Waals surface area contributed by atoms with Gasteiger partial charge in [0, 0.05) is 46.2 Å². The van der Waals surface area contributed by atoms with Gasteiger partial charge in [-0.25, -0.2) is 5.91 Å². The molecule has 0 amide bonds. The van der Waals surface area contributed by atoms with E-state index in [0.717, 1.165) is 63.4 Å². The van der Waals surface area contributed by atoms with Crippen LogP contribution in [-0.2, 0) is 52.4 Å². The van der Waals surface area contributed by atoms with Crippen molar-refractivity contribution in [2.45, 2.75) is 93.1 Å². The molecule has 0 heterocycles. The molecule has 0 aromatic heterocycles. The van der Waals surface area contributed by atoms with Crippen LogP contribution in [0.1, 0.15) is 111 Å². The number of aliphatic imine (C=N–C) groups is 1. The zero-order valence-corrected chi connectivity index (χ0v) is 68.2. The number of ether oxygens (including phenoxy) is 1. The van der Waals surface area contributed by atoms with Gasteiger partial charge in [0.25, 0.3) is 0 Å². The van der Waals surface area contributed by atoms with E-state index in [0.29, 0.717) is 0 Å². The molecule has 9 heteroatoms. The molecular weight excluding hydrogens is 1410 g/mol. The Labute approximate surface area is 647 Å². The molecule has 11 aromatic rings. The van der Waals surface area contributed by atoms with Crippen molar-refractivity contribution in [2.75, 3.05) is 20.2 Å². The molecule has 1 N–H and O–H groups in total. The van der Waals surface area contributed by atoms with Crippen LogP contribution in [0.3, 0.4) is 0 Å². The van der Waals surface area contributed by atoms with E-state index in [4.69, 9.17) is 20.4 Å². The van der Waals surface area contributed by atoms with Gasteiger partial charge in [0.2, 0.25) is 0 Å². The minimum absolute atomic E-state index is 0. The Balaban J connectivity index is 0.000000601. The number of rotatable bonds is 11. The third-order valence-electron chi connectivity index (χ3n) is 13.2. The second kappa shape index (κ2) is 52.3. The number of aryl methyl sites for hydroxylation is 3. The van der Waals surface area contributed by atoms with Crippen molar-refractivity contribution < 1.29 is 57.1 Å². The molecule has 0 aliphatic heterocycles. The van der Waals surface area contributed by atoms with E-state index in [9.17, 15) is 0 Å². The van der Waals surface area contributed by atoms with E-state index in [2.05, 4.69) is 215 Å². The molecule has 0 spiro atoms. The van der Waals surface area contributed by atoms with E-state index >= 15 is 0 Å². The fraction of sp³-hybridized carbons (Fsp3) is 0.187. The third-order valence-corrected chi connectivity index (χ3v) is 18.0. The minimum atomic E-state index is -0.731. The van der Waals surface area contributed by atoms with Crippen LogP contribution in [0.25, 0.3) is 10.6 Å². The van der Waals surface area contributed by atoms with Crippen LogP contribution in [0.4, 0.5) is 0 Å². The van der Waals surface area contributed by atoms with Gasteiger partial charge in [0.1, 0.15) is 11.3 Å². The molecule has 5 nitrogen and oxygen atoms in total. The summed E-state index contributed by atoms with van der Waals surface area (Å²) in [4.78, 5) is 4.83. The fourth-order valence-electron chi connectivity index (χ4n) is 8.33. The summed E-state index contributed by atoms with van der Waals surface area (Å²) in [5.41, 5.74) is 12.3. The molecule has 2 unspecified atom stereocenters. The second-order valence-corrected chi connectivity index (χ2v) is 29.0. The van der Waals surface area contributed by atoms with Crippen LogP contribution < -0.4 is 31.3 Å². The van der Waals surface area contributed by atoms with Crippen LogP contribution >= 0.6 is 15.8 Å². The molecule has 0 radical (unpaired) electrons. The number of benzene rings is 11. The maximum atomic E-state index is 5.32. The standard InChI is InChI=1S/C21H29N2OP.C21H29N2P.7C7H7.2Zr/c1-7-22-20(23-21(3,4)5)25(18-12-8-16(2)9-13-18)19-14-10-17(24-6)11-15-19;1-7-22-20(23-21(4,5)6)24(18-12-8-16(2)9-13-18)19-14-10-17(3)11-15-19;7*1-7-5-3-2-4-6-7;;/h8-15H,7H2,1-6H3,(H,22,23);8-15,20H,7H2,1-6H3;7*2-6H,1H2;;/q;-2;7*-1;;+4. The summed E-state index contributed by atoms with van der Waals surface area (Å²) in [7, 11) is 0.324. The smallest absolute Gasteiger partial charge is 0.674 e. The third kappa shape index (κ3) is 42.4. The fourth-order valence-corrected chi connectivity index (χ4v) is 13.3. The van der Waals surface area contributed by atoms with Crippen LogP contribution in [0.15, 0.2) is 314 Å². The molecule has 0 fully saturated rings. The van der Waals surface area contributed by atoms with Gasteiger partial charge in [-0.3, -0.25) is 4.99 Å². The van der Waals surface area contributed by atoms with Crippen LogP contribution in [0, 0.1) is 69.2 Å². The summed E-state index contributed by atoms with van der Waals surface area (Å²) in [6.07, 6.45) is 0. The van der Waals surface area contributed by atoms with Crippen molar-refractivity contribution in [3.63, 3.8) is 0 Å². The Morgan fingerprint density at radius 3 is 0.820 bits per heavy atom. The number of hydrogen-bond donors (Lipinski definition) is 1. The molecule has 2 atom stereocenters. The predicted octanol–water partition coefficient (Wildman–Crippen LogP) is 22.9. The number of nitrogens with zero attached hydrogens (tertiary/aromatic N) is 3. The maximum Gasteiger partial charge on any atom is 4.00 e. The zero-order valence-electron chi connectivity index (χ0n) is 61.5. The molecule has 11 rings (SSSR count). The van der Waals surface area contributed by atoms with Gasteiger partial charge in [0.05, 0.1) is 7.11 Å². The monoisotopic (exact) mass is 1510 g/mol. The van der Waals surface area contributed by atoms with Crippen LogP contribution in [0.2, 0.25) is 0 Å². The van der Waals surface area contributed by atoms with Crippen molar-refractivity contribution in [3.8, 4) is 5.75 Å². The van der Waals surface area contributed by atoms with E-state index in [1.165, 1.54) is 37.9 Å². The van der Waals surface area contributed by atoms with Gasteiger partial charge in [0.15, 0.2) is 0 Å². The van der Waals surface area contributed by atoms with Gasteiger partial charge < -0.3 is 20.7 Å². The van der Waals surface area contributed by atoms with E-state index in [1.807, 2.05) is 224 Å². The summed E-state index contributed by atoms with van der Waals surface area (Å²) < 4.78 is 5.32. The Bertz CT molecular complexity index is 3330. The predicted molar refractivity (Wildman–Crippen MR) is 437 cm³/mol. The SMILES string of the molecule is CCN=C(NC(C)(C)C)P(c1ccc(C)cc1)c1ccc(OC)cc1.CC[N-]C([N-]C(C)(C)C)P(c1ccc(C)cc1)c1ccc(C)cc1.[CH2-]c1ccccc1.[CH2-]c1ccccc1.[CH2-]c1ccccc1.[CH2-]c1ccccc1.[CH2-]c1ccccc1.[CH2-]c1ccccc1.[CH2-]c1ccccc1.[Zr+4].[Zr]. The second-order valence-electron chi connectivity index (χ2n) is 24.6. The zero-order chi connectivity index (χ0) is 72.0. The maximum absolute atomic E-state index is 5.32. The summed E-state index contributed by atoms with van der Waals surface area (Å²) in [6.45, 7) is 51.2. The number of methoxy groups -OCH3 is 1.